The number of halogens is 3. The number of hydrogen-bond donors (Lipinski definition) is 1. The number of carbonyl (C=O) groups is 1. The monoisotopic (exact) mass is 372 g/mol. The molecular formula is C15H11ClF2N2O3S. The van der Waals surface area contributed by atoms with Crippen molar-refractivity contribution in [3.63, 3.8) is 0 Å². The first-order chi connectivity index (χ1) is 11.3. The molecule has 2 aromatic carbocycles. The number of thioether (sulfide) groups is 1. The molecule has 2 rings (SSSR count). The van der Waals surface area contributed by atoms with Crippen molar-refractivity contribution in [2.75, 3.05) is 5.32 Å². The second kappa shape index (κ2) is 7.59. The van der Waals surface area contributed by atoms with Crippen LogP contribution >= 0.6 is 23.4 Å². The Kier molecular flexibility index (Phi) is 5.74. The van der Waals surface area contributed by atoms with Crippen molar-refractivity contribution in [3.05, 3.63) is 63.2 Å². The SMILES string of the molecule is CC(Sc1ccc(F)c(Cl)c1)C(=O)Nc1ccc(F)c([N+](=O)[O-])c1. The van der Waals surface area contributed by atoms with Crippen molar-refractivity contribution in [1.82, 2.24) is 0 Å². The van der Waals surface area contributed by atoms with Crippen molar-refractivity contribution < 1.29 is 18.5 Å². The summed E-state index contributed by atoms with van der Waals surface area (Å²) in [6.07, 6.45) is 0. The van der Waals surface area contributed by atoms with Gasteiger partial charge in [0.15, 0.2) is 0 Å². The molecular weight excluding hydrogens is 362 g/mol. The van der Waals surface area contributed by atoms with Gasteiger partial charge in [-0.05, 0) is 37.3 Å². The van der Waals surface area contributed by atoms with E-state index in [1.807, 2.05) is 0 Å². The highest BCUT2D eigenvalue weighted by molar-refractivity contribution is 8.00. The molecule has 0 bridgehead atoms. The minimum Gasteiger partial charge on any atom is -0.325 e. The van der Waals surface area contributed by atoms with Gasteiger partial charge in [-0.2, -0.15) is 4.39 Å². The van der Waals surface area contributed by atoms with Gasteiger partial charge in [0, 0.05) is 16.6 Å². The van der Waals surface area contributed by atoms with Crippen LogP contribution in [0.25, 0.3) is 0 Å². The van der Waals surface area contributed by atoms with E-state index in [4.69, 9.17) is 11.6 Å². The van der Waals surface area contributed by atoms with Crippen LogP contribution in [0.5, 0.6) is 0 Å². The zero-order valence-electron chi connectivity index (χ0n) is 12.3. The lowest BCUT2D eigenvalue weighted by Crippen LogP contribution is -2.22. The zero-order valence-corrected chi connectivity index (χ0v) is 13.8. The molecule has 5 nitrogen and oxygen atoms in total. The number of nitrogens with zero attached hydrogens (tertiary/aromatic N) is 1. The summed E-state index contributed by atoms with van der Waals surface area (Å²) in [4.78, 5) is 22.6. The number of hydrogen-bond acceptors (Lipinski definition) is 4. The standard InChI is InChI=1S/C15H11ClF2N2O3S/c1-8(24-10-3-5-12(17)11(16)7-10)15(21)19-9-2-4-13(18)14(6-9)20(22)23/h2-8H,1H3,(H,19,21). The molecule has 0 aliphatic rings. The van der Waals surface area contributed by atoms with E-state index in [1.54, 1.807) is 6.92 Å². The Morgan fingerprint density at radius 3 is 2.54 bits per heavy atom. The molecule has 0 radical (unpaired) electrons. The maximum absolute atomic E-state index is 13.3. The lowest BCUT2D eigenvalue weighted by Gasteiger charge is -2.12. The molecule has 9 heteroatoms. The summed E-state index contributed by atoms with van der Waals surface area (Å²) >= 11 is 6.82. The molecule has 1 atom stereocenters. The summed E-state index contributed by atoms with van der Waals surface area (Å²) in [5.74, 6) is -1.99. The summed E-state index contributed by atoms with van der Waals surface area (Å²) in [6.45, 7) is 1.61. The molecule has 0 aliphatic heterocycles. The Hall–Kier alpha value is -2.19. The quantitative estimate of drug-likeness (QED) is 0.471. The second-order valence-electron chi connectivity index (χ2n) is 4.75. The van der Waals surface area contributed by atoms with Gasteiger partial charge in [0.05, 0.1) is 15.2 Å². The first-order valence-corrected chi connectivity index (χ1v) is 7.90. The van der Waals surface area contributed by atoms with Crippen molar-refractivity contribution in [2.45, 2.75) is 17.1 Å². The summed E-state index contributed by atoms with van der Waals surface area (Å²) in [5, 5.41) is 12.5. The first kappa shape index (κ1) is 18.2. The number of anilines is 1. The Labute approximate surface area is 145 Å². The highest BCUT2D eigenvalue weighted by Crippen LogP contribution is 2.28. The van der Waals surface area contributed by atoms with E-state index < -0.39 is 33.4 Å². The minimum absolute atomic E-state index is 0.0539. The third kappa shape index (κ3) is 4.42. The normalized spacial score (nSPS) is 11.8. The number of amides is 1. The predicted octanol–water partition coefficient (Wildman–Crippen LogP) is 4.65. The molecule has 0 fully saturated rings. The highest BCUT2D eigenvalue weighted by atomic mass is 35.5. The summed E-state index contributed by atoms with van der Waals surface area (Å²) in [6, 6.07) is 7.15. The van der Waals surface area contributed by atoms with E-state index in [9.17, 15) is 23.7 Å². The highest BCUT2D eigenvalue weighted by Gasteiger charge is 2.18. The van der Waals surface area contributed by atoms with Crippen LogP contribution in [0.1, 0.15) is 6.92 Å². The third-order valence-corrected chi connectivity index (χ3v) is 4.37. The Balaban J connectivity index is 2.07. The molecule has 0 saturated heterocycles. The Morgan fingerprint density at radius 1 is 1.25 bits per heavy atom. The molecule has 0 aliphatic carbocycles. The van der Waals surface area contributed by atoms with Gasteiger partial charge in [0.1, 0.15) is 5.82 Å². The Bertz CT molecular complexity index is 804. The molecule has 0 saturated carbocycles. The topological polar surface area (TPSA) is 72.2 Å². The molecule has 1 N–H and O–H groups in total. The molecule has 1 amide bonds. The molecule has 1 unspecified atom stereocenters. The number of nitro benzene ring substituents is 1. The van der Waals surface area contributed by atoms with Crippen LogP contribution in [-0.4, -0.2) is 16.1 Å². The largest absolute Gasteiger partial charge is 0.325 e. The maximum Gasteiger partial charge on any atom is 0.306 e. The molecule has 2 aromatic rings. The van der Waals surface area contributed by atoms with Gasteiger partial charge in [-0.25, -0.2) is 4.39 Å². The summed E-state index contributed by atoms with van der Waals surface area (Å²) in [5.41, 5.74) is -0.615. The molecule has 0 spiro atoms. The van der Waals surface area contributed by atoms with Crippen molar-refractivity contribution in [1.29, 1.82) is 0 Å². The van der Waals surface area contributed by atoms with Crippen molar-refractivity contribution >= 4 is 40.6 Å². The molecule has 0 aromatic heterocycles. The average Bonchev–Trinajstić information content (AvgIpc) is 2.52. The lowest BCUT2D eigenvalue weighted by molar-refractivity contribution is -0.387. The zero-order chi connectivity index (χ0) is 17.9. The second-order valence-corrected chi connectivity index (χ2v) is 6.57. The molecule has 24 heavy (non-hydrogen) atoms. The van der Waals surface area contributed by atoms with E-state index in [-0.39, 0.29) is 10.7 Å². The van der Waals surface area contributed by atoms with Crippen molar-refractivity contribution in [2.24, 2.45) is 0 Å². The van der Waals surface area contributed by atoms with Crippen LogP contribution < -0.4 is 5.32 Å². The Morgan fingerprint density at radius 2 is 1.92 bits per heavy atom. The molecule has 0 heterocycles. The number of nitro groups is 1. The average molecular weight is 373 g/mol. The van der Waals surface area contributed by atoms with Crippen molar-refractivity contribution in [3.8, 4) is 0 Å². The number of rotatable bonds is 5. The van der Waals surface area contributed by atoms with E-state index in [0.717, 1.165) is 23.9 Å². The van der Waals surface area contributed by atoms with Gasteiger partial charge < -0.3 is 5.32 Å². The van der Waals surface area contributed by atoms with Crippen LogP contribution in [0, 0.1) is 21.7 Å². The van der Waals surface area contributed by atoms with Crippen LogP contribution in [-0.2, 0) is 4.79 Å². The fourth-order valence-electron chi connectivity index (χ4n) is 1.78. The van der Waals surface area contributed by atoms with Gasteiger partial charge in [-0.3, -0.25) is 14.9 Å². The lowest BCUT2D eigenvalue weighted by atomic mass is 10.2. The van der Waals surface area contributed by atoms with Gasteiger partial charge >= 0.3 is 5.69 Å². The smallest absolute Gasteiger partial charge is 0.306 e. The number of carbonyl (C=O) groups excluding carboxylic acids is 1. The number of benzene rings is 2. The summed E-state index contributed by atoms with van der Waals surface area (Å²) in [7, 11) is 0. The van der Waals surface area contributed by atoms with E-state index in [1.165, 1.54) is 24.3 Å². The van der Waals surface area contributed by atoms with Gasteiger partial charge in [0.25, 0.3) is 0 Å². The molecule has 126 valence electrons. The van der Waals surface area contributed by atoms with E-state index >= 15 is 0 Å². The first-order valence-electron chi connectivity index (χ1n) is 6.64. The predicted molar refractivity (Wildman–Crippen MR) is 88.4 cm³/mol. The van der Waals surface area contributed by atoms with Gasteiger partial charge in [-0.15, -0.1) is 11.8 Å². The van der Waals surface area contributed by atoms with E-state index in [0.29, 0.717) is 4.90 Å². The maximum atomic E-state index is 13.3. The number of nitrogens with one attached hydrogen (secondary N) is 1. The van der Waals surface area contributed by atoms with E-state index in [2.05, 4.69) is 5.32 Å². The van der Waals surface area contributed by atoms with Gasteiger partial charge in [0.2, 0.25) is 11.7 Å². The van der Waals surface area contributed by atoms with Crippen LogP contribution in [0.2, 0.25) is 5.02 Å². The van der Waals surface area contributed by atoms with Crippen LogP contribution in [0.4, 0.5) is 20.2 Å². The fraction of sp³-hybridized carbons (Fsp3) is 0.133. The van der Waals surface area contributed by atoms with Crippen LogP contribution in [0.15, 0.2) is 41.3 Å². The van der Waals surface area contributed by atoms with Gasteiger partial charge in [-0.1, -0.05) is 11.6 Å². The summed E-state index contributed by atoms with van der Waals surface area (Å²) < 4.78 is 26.4. The fourth-order valence-corrected chi connectivity index (χ4v) is 2.93. The van der Waals surface area contributed by atoms with Crippen LogP contribution in [0.3, 0.4) is 0 Å². The third-order valence-electron chi connectivity index (χ3n) is 2.98. The minimum atomic E-state index is -0.985.